The highest BCUT2D eigenvalue weighted by Crippen LogP contribution is 2.25. The van der Waals surface area contributed by atoms with Gasteiger partial charge < -0.3 is 10.4 Å². The minimum absolute atomic E-state index is 0.0828. The lowest BCUT2D eigenvalue weighted by Gasteiger charge is -2.20. The summed E-state index contributed by atoms with van der Waals surface area (Å²) < 4.78 is 0. The maximum atomic E-state index is 11.9. The van der Waals surface area contributed by atoms with Gasteiger partial charge in [-0.25, -0.2) is 4.79 Å². The Morgan fingerprint density at radius 1 is 1.17 bits per heavy atom. The molecule has 0 aromatic rings. The van der Waals surface area contributed by atoms with Crippen LogP contribution in [0.15, 0.2) is 0 Å². The molecule has 2 N–H and O–H groups in total. The average Bonchev–Trinajstić information content (AvgIpc) is 2.53. The molecule has 0 bridgehead atoms. The summed E-state index contributed by atoms with van der Waals surface area (Å²) in [6, 6.07) is -0.761. The molecule has 1 unspecified atom stereocenters. The average molecular weight is 255 g/mol. The second-order valence-corrected chi connectivity index (χ2v) is 5.69. The smallest absolute Gasteiger partial charge is 0.326 e. The second-order valence-electron chi connectivity index (χ2n) is 5.69. The molecule has 1 amide bonds. The van der Waals surface area contributed by atoms with Gasteiger partial charge in [-0.2, -0.15) is 0 Å². The summed E-state index contributed by atoms with van der Waals surface area (Å²) in [4.78, 5) is 22.9. The van der Waals surface area contributed by atoms with Crippen molar-refractivity contribution in [3.8, 4) is 0 Å². The van der Waals surface area contributed by atoms with Crippen LogP contribution >= 0.6 is 0 Å². The van der Waals surface area contributed by atoms with E-state index < -0.39 is 12.0 Å². The molecule has 4 nitrogen and oxygen atoms in total. The van der Waals surface area contributed by atoms with E-state index >= 15 is 0 Å². The topological polar surface area (TPSA) is 66.4 Å². The van der Waals surface area contributed by atoms with Gasteiger partial charge in [-0.05, 0) is 24.7 Å². The molecule has 1 aliphatic rings. The summed E-state index contributed by atoms with van der Waals surface area (Å²) in [5.74, 6) is -0.697. The Morgan fingerprint density at radius 3 is 2.17 bits per heavy atom. The molecule has 0 spiro atoms. The Bertz CT molecular complexity index is 281. The number of aliphatic carboxylic acids is 1. The number of hydrogen-bond donors (Lipinski definition) is 2. The van der Waals surface area contributed by atoms with Crippen LogP contribution in [-0.2, 0) is 9.59 Å². The summed E-state index contributed by atoms with van der Waals surface area (Å²) in [6.07, 6.45) is 7.62. The molecule has 4 heteroatoms. The molecule has 18 heavy (non-hydrogen) atoms. The molecule has 0 aromatic heterocycles. The van der Waals surface area contributed by atoms with Crippen LogP contribution in [0.4, 0.5) is 0 Å². The minimum Gasteiger partial charge on any atom is -0.480 e. The van der Waals surface area contributed by atoms with E-state index in [1.54, 1.807) is 0 Å². The number of carboxylic acids is 1. The van der Waals surface area contributed by atoms with Gasteiger partial charge in [0.25, 0.3) is 0 Å². The van der Waals surface area contributed by atoms with Crippen molar-refractivity contribution in [2.75, 3.05) is 0 Å². The van der Waals surface area contributed by atoms with Gasteiger partial charge in [0.1, 0.15) is 6.04 Å². The van der Waals surface area contributed by atoms with E-state index in [-0.39, 0.29) is 11.8 Å². The summed E-state index contributed by atoms with van der Waals surface area (Å²) in [5.41, 5.74) is 0. The van der Waals surface area contributed by atoms with Gasteiger partial charge in [0.05, 0.1) is 0 Å². The number of amides is 1. The van der Waals surface area contributed by atoms with Crippen molar-refractivity contribution in [1.29, 1.82) is 0 Å². The van der Waals surface area contributed by atoms with Crippen LogP contribution in [0, 0.1) is 11.8 Å². The van der Waals surface area contributed by atoms with Crippen molar-refractivity contribution in [3.63, 3.8) is 0 Å². The molecule has 0 aliphatic heterocycles. The highest BCUT2D eigenvalue weighted by atomic mass is 16.4. The Balaban J connectivity index is 2.41. The van der Waals surface area contributed by atoms with Crippen LogP contribution in [0.5, 0.6) is 0 Å². The SMILES string of the molecule is CC(C)C(NC(=O)CC1CCCCCC1)C(=O)O. The van der Waals surface area contributed by atoms with Crippen LogP contribution in [0.2, 0.25) is 0 Å². The molecular weight excluding hydrogens is 230 g/mol. The molecule has 1 saturated carbocycles. The molecule has 1 rings (SSSR count). The predicted molar refractivity (Wildman–Crippen MR) is 70.2 cm³/mol. The number of nitrogens with one attached hydrogen (secondary N) is 1. The molecule has 104 valence electrons. The molecule has 0 heterocycles. The van der Waals surface area contributed by atoms with Gasteiger partial charge in [-0.15, -0.1) is 0 Å². The molecule has 0 saturated heterocycles. The van der Waals surface area contributed by atoms with Crippen molar-refractivity contribution >= 4 is 11.9 Å². The first-order valence-corrected chi connectivity index (χ1v) is 7.03. The lowest BCUT2D eigenvalue weighted by molar-refractivity contribution is -0.143. The number of carbonyl (C=O) groups excluding carboxylic acids is 1. The molecule has 0 aromatic carbocycles. The fraction of sp³-hybridized carbons (Fsp3) is 0.857. The fourth-order valence-corrected chi connectivity index (χ4v) is 2.58. The van der Waals surface area contributed by atoms with Gasteiger partial charge in [-0.3, -0.25) is 4.79 Å². The van der Waals surface area contributed by atoms with Crippen molar-refractivity contribution in [2.24, 2.45) is 11.8 Å². The molecule has 1 atom stereocenters. The zero-order valence-electron chi connectivity index (χ0n) is 11.4. The summed E-state index contributed by atoms with van der Waals surface area (Å²) in [6.45, 7) is 3.62. The van der Waals surface area contributed by atoms with Gasteiger partial charge >= 0.3 is 5.97 Å². The zero-order valence-corrected chi connectivity index (χ0v) is 11.4. The standard InChI is InChI=1S/C14H25NO3/c1-10(2)13(14(17)18)15-12(16)9-11-7-5-3-4-6-8-11/h10-11,13H,3-9H2,1-2H3,(H,15,16)(H,17,18). The fourth-order valence-electron chi connectivity index (χ4n) is 2.58. The summed E-state index contributed by atoms with van der Waals surface area (Å²) in [5, 5.41) is 11.7. The van der Waals surface area contributed by atoms with Crippen LogP contribution in [0.1, 0.15) is 58.8 Å². The highest BCUT2D eigenvalue weighted by Gasteiger charge is 2.24. The number of carbonyl (C=O) groups is 2. The third-order valence-corrected chi connectivity index (χ3v) is 3.70. The molecule has 1 aliphatic carbocycles. The van der Waals surface area contributed by atoms with E-state index in [0.717, 1.165) is 12.8 Å². The number of hydrogen-bond acceptors (Lipinski definition) is 2. The Kier molecular flexibility index (Phi) is 6.16. The normalized spacial score (nSPS) is 19.3. The van der Waals surface area contributed by atoms with Crippen molar-refractivity contribution in [2.45, 2.75) is 64.8 Å². The highest BCUT2D eigenvalue weighted by molar-refractivity contribution is 5.83. The van der Waals surface area contributed by atoms with Gasteiger partial charge in [-0.1, -0.05) is 39.5 Å². The van der Waals surface area contributed by atoms with E-state index in [4.69, 9.17) is 5.11 Å². The van der Waals surface area contributed by atoms with E-state index in [1.807, 2.05) is 13.8 Å². The summed E-state index contributed by atoms with van der Waals surface area (Å²) in [7, 11) is 0. The van der Waals surface area contributed by atoms with E-state index in [1.165, 1.54) is 25.7 Å². The Labute approximate surface area is 109 Å². The predicted octanol–water partition coefficient (Wildman–Crippen LogP) is 2.57. The first kappa shape index (κ1) is 15.0. The van der Waals surface area contributed by atoms with Crippen molar-refractivity contribution in [3.05, 3.63) is 0 Å². The molecular formula is C14H25NO3. The maximum absolute atomic E-state index is 11.9. The van der Waals surface area contributed by atoms with E-state index in [9.17, 15) is 9.59 Å². The van der Waals surface area contributed by atoms with Crippen LogP contribution in [-0.4, -0.2) is 23.0 Å². The Morgan fingerprint density at radius 2 is 1.72 bits per heavy atom. The third-order valence-electron chi connectivity index (χ3n) is 3.70. The number of carboxylic acid groups (broad SMARTS) is 1. The van der Waals surface area contributed by atoms with Crippen LogP contribution in [0.25, 0.3) is 0 Å². The zero-order chi connectivity index (χ0) is 13.5. The lowest BCUT2D eigenvalue weighted by atomic mass is 9.95. The van der Waals surface area contributed by atoms with Gasteiger partial charge in [0.2, 0.25) is 5.91 Å². The second kappa shape index (κ2) is 7.39. The third kappa shape index (κ3) is 5.07. The summed E-state index contributed by atoms with van der Waals surface area (Å²) >= 11 is 0. The van der Waals surface area contributed by atoms with Crippen LogP contribution in [0.3, 0.4) is 0 Å². The van der Waals surface area contributed by atoms with Crippen molar-refractivity contribution < 1.29 is 14.7 Å². The quantitative estimate of drug-likeness (QED) is 0.742. The molecule has 0 radical (unpaired) electrons. The largest absolute Gasteiger partial charge is 0.480 e. The van der Waals surface area contributed by atoms with E-state index in [2.05, 4.69) is 5.32 Å². The van der Waals surface area contributed by atoms with E-state index in [0.29, 0.717) is 12.3 Å². The maximum Gasteiger partial charge on any atom is 0.326 e. The van der Waals surface area contributed by atoms with Crippen LogP contribution < -0.4 is 5.32 Å². The monoisotopic (exact) mass is 255 g/mol. The van der Waals surface area contributed by atoms with Gasteiger partial charge in [0, 0.05) is 6.42 Å². The first-order valence-electron chi connectivity index (χ1n) is 7.03. The lowest BCUT2D eigenvalue weighted by Crippen LogP contribution is -2.44. The molecule has 1 fully saturated rings. The number of rotatable bonds is 5. The Hall–Kier alpha value is -1.06. The minimum atomic E-state index is -0.945. The van der Waals surface area contributed by atoms with Crippen molar-refractivity contribution in [1.82, 2.24) is 5.32 Å². The van der Waals surface area contributed by atoms with Gasteiger partial charge in [0.15, 0.2) is 0 Å². The first-order chi connectivity index (χ1) is 8.50.